The minimum Gasteiger partial charge on any atom is -0.451 e. The molecule has 152 valence electrons. The second kappa shape index (κ2) is 7.65. The van der Waals surface area contributed by atoms with E-state index in [1.165, 1.54) is 15.0 Å². The SMILES string of the molecule is Cc1cc2ccccc2[s+]1-c1cccc(C(=O)OC(C)(C)c2cc(F)ccc2F)c1. The second-order valence-corrected chi connectivity index (χ2v) is 9.82. The predicted octanol–water partition coefficient (Wildman–Crippen LogP) is 7.26. The standard InChI is InChI=1S/C25H21F2O2S/c1-16-13-17-7-4-5-10-23(17)30(16)20-9-6-8-18(14-20)24(28)29-25(2,3)21-15-19(26)11-12-22(21)27/h4-15H,1-3H3/q+1. The fourth-order valence-corrected chi connectivity index (χ4v) is 5.86. The van der Waals surface area contributed by atoms with Crippen molar-refractivity contribution >= 4 is 26.5 Å². The quantitative estimate of drug-likeness (QED) is 0.255. The number of rotatable bonds is 4. The monoisotopic (exact) mass is 423 g/mol. The van der Waals surface area contributed by atoms with Gasteiger partial charge in [-0.1, -0.05) is 18.2 Å². The van der Waals surface area contributed by atoms with Crippen molar-refractivity contribution < 1.29 is 18.3 Å². The van der Waals surface area contributed by atoms with E-state index in [9.17, 15) is 13.6 Å². The first-order valence-electron chi connectivity index (χ1n) is 9.57. The smallest absolute Gasteiger partial charge is 0.339 e. The molecule has 1 aromatic heterocycles. The number of benzene rings is 3. The van der Waals surface area contributed by atoms with E-state index in [0.717, 1.165) is 23.1 Å². The van der Waals surface area contributed by atoms with Crippen LogP contribution in [0.4, 0.5) is 8.78 Å². The average Bonchev–Trinajstić information content (AvgIpc) is 3.05. The van der Waals surface area contributed by atoms with Crippen molar-refractivity contribution in [1.29, 1.82) is 0 Å². The van der Waals surface area contributed by atoms with Crippen molar-refractivity contribution in [1.82, 2.24) is 0 Å². The summed E-state index contributed by atoms with van der Waals surface area (Å²) in [4.78, 5) is 15.1. The Morgan fingerprint density at radius 3 is 2.50 bits per heavy atom. The number of fused-ring (bicyclic) bond motifs is 1. The highest BCUT2D eigenvalue weighted by atomic mass is 32.2. The Bertz CT molecular complexity index is 1260. The molecule has 0 radical (unpaired) electrons. The summed E-state index contributed by atoms with van der Waals surface area (Å²) in [5.41, 5.74) is -0.948. The summed E-state index contributed by atoms with van der Waals surface area (Å²) >= 11 is 0. The van der Waals surface area contributed by atoms with E-state index >= 15 is 0 Å². The molecule has 0 aliphatic rings. The second-order valence-electron chi connectivity index (χ2n) is 7.65. The molecular formula is C25H21F2O2S+. The molecule has 1 unspecified atom stereocenters. The van der Waals surface area contributed by atoms with Gasteiger partial charge in [0.05, 0.1) is 5.56 Å². The number of carbonyl (C=O) groups is 1. The number of hydrogen-bond acceptors (Lipinski definition) is 2. The predicted molar refractivity (Wildman–Crippen MR) is 117 cm³/mol. The summed E-state index contributed by atoms with van der Waals surface area (Å²) in [6.07, 6.45) is 0. The fourth-order valence-electron chi connectivity index (χ4n) is 3.60. The molecule has 3 aromatic carbocycles. The molecule has 0 aliphatic carbocycles. The topological polar surface area (TPSA) is 26.3 Å². The third kappa shape index (κ3) is 3.73. The van der Waals surface area contributed by atoms with Gasteiger partial charge in [-0.15, -0.1) is 0 Å². The van der Waals surface area contributed by atoms with Crippen molar-refractivity contribution in [3.8, 4) is 4.90 Å². The number of esters is 1. The van der Waals surface area contributed by atoms with Gasteiger partial charge < -0.3 is 4.74 Å². The number of halogens is 2. The van der Waals surface area contributed by atoms with Crippen LogP contribution in [-0.2, 0) is 10.3 Å². The first-order valence-corrected chi connectivity index (χ1v) is 10.8. The van der Waals surface area contributed by atoms with Crippen LogP contribution in [0.2, 0.25) is 0 Å². The molecule has 2 nitrogen and oxygen atoms in total. The molecule has 0 N–H and O–H groups in total. The summed E-state index contributed by atoms with van der Waals surface area (Å²) in [6, 6.07) is 20.8. The van der Waals surface area contributed by atoms with Crippen LogP contribution in [0.25, 0.3) is 15.0 Å². The highest BCUT2D eigenvalue weighted by Gasteiger charge is 2.30. The lowest BCUT2D eigenvalue weighted by molar-refractivity contribution is -0.00465. The summed E-state index contributed by atoms with van der Waals surface area (Å²) < 4.78 is 34.6. The Hall–Kier alpha value is -3.05. The number of hydrogen-bond donors (Lipinski definition) is 0. The zero-order valence-corrected chi connectivity index (χ0v) is 17.7. The molecule has 5 heteroatoms. The van der Waals surface area contributed by atoms with Gasteiger partial charge in [0.2, 0.25) is 0 Å². The minimum atomic E-state index is -1.32. The van der Waals surface area contributed by atoms with Crippen LogP contribution < -0.4 is 0 Å². The first kappa shape index (κ1) is 20.2. The molecule has 1 atom stereocenters. The molecule has 4 aromatic rings. The fraction of sp³-hybridized carbons (Fsp3) is 0.160. The van der Waals surface area contributed by atoms with Gasteiger partial charge in [0, 0.05) is 40.5 Å². The van der Waals surface area contributed by atoms with E-state index in [4.69, 9.17) is 4.74 Å². The third-order valence-corrected chi connectivity index (χ3v) is 7.35. The van der Waals surface area contributed by atoms with Gasteiger partial charge in [0.25, 0.3) is 0 Å². The summed E-state index contributed by atoms with van der Waals surface area (Å²) in [5.74, 6) is -1.78. The Labute approximate surface area is 176 Å². The molecule has 4 rings (SSSR count). The molecule has 0 saturated heterocycles. The Kier molecular flexibility index (Phi) is 5.16. The van der Waals surface area contributed by atoms with E-state index in [2.05, 4.69) is 25.1 Å². The highest BCUT2D eigenvalue weighted by molar-refractivity contribution is 7.45. The van der Waals surface area contributed by atoms with Gasteiger partial charge in [-0.05, 0) is 56.3 Å². The largest absolute Gasteiger partial charge is 0.451 e. The molecule has 0 spiro atoms. The van der Waals surface area contributed by atoms with Crippen LogP contribution in [0.3, 0.4) is 0 Å². The summed E-state index contributed by atoms with van der Waals surface area (Å²) in [5, 5.41) is 1.19. The highest BCUT2D eigenvalue weighted by Crippen LogP contribution is 2.43. The maximum Gasteiger partial charge on any atom is 0.339 e. The number of aryl methyl sites for hydroxylation is 1. The van der Waals surface area contributed by atoms with Crippen LogP contribution in [0.1, 0.15) is 34.6 Å². The van der Waals surface area contributed by atoms with Crippen molar-refractivity contribution in [2.45, 2.75) is 26.4 Å². The normalized spacial score (nSPS) is 12.2. The van der Waals surface area contributed by atoms with Crippen LogP contribution in [0, 0.1) is 18.6 Å². The maximum atomic E-state index is 14.2. The van der Waals surface area contributed by atoms with Gasteiger partial charge in [-0.3, -0.25) is 0 Å². The van der Waals surface area contributed by atoms with Gasteiger partial charge in [-0.2, -0.15) is 0 Å². The number of carbonyl (C=O) groups excluding carboxylic acids is 1. The van der Waals surface area contributed by atoms with E-state index in [-0.39, 0.29) is 16.0 Å². The van der Waals surface area contributed by atoms with Gasteiger partial charge in [0.15, 0.2) is 14.5 Å². The van der Waals surface area contributed by atoms with E-state index in [1.54, 1.807) is 19.9 Å². The molecule has 0 saturated carbocycles. The Morgan fingerprint density at radius 1 is 0.933 bits per heavy atom. The summed E-state index contributed by atoms with van der Waals surface area (Å²) in [6.45, 7) is 5.19. The summed E-state index contributed by atoms with van der Waals surface area (Å²) in [7, 11) is -0.259. The molecule has 0 fully saturated rings. The molecule has 0 bridgehead atoms. The van der Waals surface area contributed by atoms with Crippen LogP contribution in [-0.4, -0.2) is 5.97 Å². The number of thiophene rings is 1. The molecule has 1 heterocycles. The number of ether oxygens (including phenoxy) is 1. The Morgan fingerprint density at radius 2 is 1.70 bits per heavy atom. The van der Waals surface area contributed by atoms with Gasteiger partial charge >= 0.3 is 5.97 Å². The van der Waals surface area contributed by atoms with Crippen LogP contribution in [0.15, 0.2) is 72.8 Å². The zero-order valence-electron chi connectivity index (χ0n) is 16.9. The van der Waals surface area contributed by atoms with E-state index in [0.29, 0.717) is 5.56 Å². The maximum absolute atomic E-state index is 14.2. The van der Waals surface area contributed by atoms with Crippen LogP contribution >= 0.6 is 10.5 Å². The van der Waals surface area contributed by atoms with Gasteiger partial charge in [-0.25, -0.2) is 13.6 Å². The first-order chi connectivity index (χ1) is 14.3. The van der Waals surface area contributed by atoms with Crippen molar-refractivity contribution in [2.75, 3.05) is 0 Å². The minimum absolute atomic E-state index is 0.00243. The lowest BCUT2D eigenvalue weighted by atomic mass is 9.97. The van der Waals surface area contributed by atoms with Crippen LogP contribution in [0.5, 0.6) is 0 Å². The van der Waals surface area contributed by atoms with E-state index in [1.807, 2.05) is 30.3 Å². The van der Waals surface area contributed by atoms with E-state index < -0.39 is 23.2 Å². The Balaban J connectivity index is 1.68. The lowest BCUT2D eigenvalue weighted by Gasteiger charge is -2.26. The molecular weight excluding hydrogens is 402 g/mol. The molecule has 0 aliphatic heterocycles. The lowest BCUT2D eigenvalue weighted by Crippen LogP contribution is -2.27. The zero-order chi connectivity index (χ0) is 21.5. The third-order valence-electron chi connectivity index (χ3n) is 5.05. The van der Waals surface area contributed by atoms with Crippen molar-refractivity contribution in [3.05, 3.63) is 100 Å². The molecule has 0 amide bonds. The van der Waals surface area contributed by atoms with Gasteiger partial charge in [0.1, 0.15) is 17.2 Å². The van der Waals surface area contributed by atoms with Crippen molar-refractivity contribution in [3.63, 3.8) is 0 Å². The van der Waals surface area contributed by atoms with Crippen molar-refractivity contribution in [2.24, 2.45) is 0 Å². The molecule has 30 heavy (non-hydrogen) atoms. The average molecular weight is 424 g/mol.